The fourth-order valence-electron chi connectivity index (χ4n) is 1.68. The monoisotopic (exact) mass is 331 g/mol. The Balaban J connectivity index is 2.13. The van der Waals surface area contributed by atoms with Gasteiger partial charge in [0, 0.05) is 5.69 Å². The molecule has 0 aliphatic rings. The number of hydrogen-bond donors (Lipinski definition) is 1. The molecule has 0 saturated carbocycles. The fourth-order valence-corrected chi connectivity index (χ4v) is 2.68. The summed E-state index contributed by atoms with van der Waals surface area (Å²) >= 11 is 0. The number of sulfonamides is 1. The molecule has 9 heteroatoms. The summed E-state index contributed by atoms with van der Waals surface area (Å²) in [6, 6.07) is 4.88. The van der Waals surface area contributed by atoms with Gasteiger partial charge in [-0.1, -0.05) is 0 Å². The van der Waals surface area contributed by atoms with Crippen molar-refractivity contribution in [3.63, 3.8) is 0 Å². The molecule has 0 aliphatic carbocycles. The van der Waals surface area contributed by atoms with Gasteiger partial charge in [0.1, 0.15) is 6.33 Å². The van der Waals surface area contributed by atoms with E-state index in [0.29, 0.717) is 11.4 Å². The van der Waals surface area contributed by atoms with Gasteiger partial charge in [-0.15, -0.1) is 0 Å². The van der Waals surface area contributed by atoms with E-state index in [0.717, 1.165) is 24.3 Å². The molecule has 0 radical (unpaired) electrons. The zero-order valence-corrected chi connectivity index (χ0v) is 12.2. The zero-order chi connectivity index (χ0) is 16.4. The average Bonchev–Trinajstić information content (AvgIpc) is 2.45. The van der Waals surface area contributed by atoms with Gasteiger partial charge >= 0.3 is 6.18 Å². The van der Waals surface area contributed by atoms with Crippen molar-refractivity contribution in [3.05, 3.63) is 53.6 Å². The number of nitrogens with zero attached hydrogens (tertiary/aromatic N) is 2. The van der Waals surface area contributed by atoms with Crippen molar-refractivity contribution in [3.8, 4) is 0 Å². The summed E-state index contributed by atoms with van der Waals surface area (Å²) in [4.78, 5) is 7.53. The van der Waals surface area contributed by atoms with Crippen LogP contribution in [-0.2, 0) is 22.7 Å². The van der Waals surface area contributed by atoms with E-state index in [4.69, 9.17) is 0 Å². The minimum absolute atomic E-state index is 0.0767. The lowest BCUT2D eigenvalue weighted by atomic mass is 10.2. The lowest BCUT2D eigenvalue weighted by molar-refractivity contribution is -0.137. The maximum Gasteiger partial charge on any atom is 0.416 e. The van der Waals surface area contributed by atoms with Gasteiger partial charge in [-0.2, -0.15) is 13.2 Å². The van der Waals surface area contributed by atoms with Gasteiger partial charge in [0.2, 0.25) is 10.0 Å². The second-order valence-corrected chi connectivity index (χ2v) is 6.26. The topological polar surface area (TPSA) is 72.0 Å². The predicted octanol–water partition coefficient (Wildman–Crippen LogP) is 2.28. The number of halogens is 3. The summed E-state index contributed by atoms with van der Waals surface area (Å²) in [5.74, 6) is 0. The van der Waals surface area contributed by atoms with Crippen LogP contribution in [0.15, 0.2) is 41.6 Å². The highest BCUT2D eigenvalue weighted by molar-refractivity contribution is 7.89. The molecule has 2 rings (SSSR count). The van der Waals surface area contributed by atoms with Crippen LogP contribution in [0.3, 0.4) is 0 Å². The van der Waals surface area contributed by atoms with Gasteiger partial charge in [-0.05, 0) is 37.3 Å². The number of rotatable bonds is 4. The number of hydrogen-bond acceptors (Lipinski definition) is 4. The van der Waals surface area contributed by atoms with Gasteiger partial charge in [-0.25, -0.2) is 23.1 Å². The first-order valence-corrected chi connectivity index (χ1v) is 7.61. The van der Waals surface area contributed by atoms with E-state index in [-0.39, 0.29) is 11.4 Å². The van der Waals surface area contributed by atoms with E-state index in [2.05, 4.69) is 14.7 Å². The lowest BCUT2D eigenvalue weighted by Gasteiger charge is -2.09. The van der Waals surface area contributed by atoms with Crippen LogP contribution >= 0.6 is 0 Å². The van der Waals surface area contributed by atoms with E-state index in [9.17, 15) is 21.6 Å². The van der Waals surface area contributed by atoms with Crippen molar-refractivity contribution in [1.82, 2.24) is 14.7 Å². The molecule has 1 N–H and O–H groups in total. The molecule has 118 valence electrons. The summed E-state index contributed by atoms with van der Waals surface area (Å²) < 4.78 is 63.6. The maximum absolute atomic E-state index is 12.4. The summed E-state index contributed by atoms with van der Waals surface area (Å²) in [7, 11) is -3.91. The molecule has 1 aromatic carbocycles. The molecular weight excluding hydrogens is 319 g/mol. The fraction of sp³-hybridized carbons (Fsp3) is 0.231. The van der Waals surface area contributed by atoms with E-state index < -0.39 is 21.8 Å². The minimum Gasteiger partial charge on any atom is -0.242 e. The molecular formula is C13H12F3N3O2S. The Labute approximate surface area is 125 Å². The Kier molecular flexibility index (Phi) is 4.47. The molecule has 0 unspecified atom stereocenters. The Morgan fingerprint density at radius 2 is 1.77 bits per heavy atom. The van der Waals surface area contributed by atoms with Crippen molar-refractivity contribution >= 4 is 10.0 Å². The number of benzene rings is 1. The van der Waals surface area contributed by atoms with Crippen LogP contribution in [0, 0.1) is 6.92 Å². The predicted molar refractivity (Wildman–Crippen MR) is 72.2 cm³/mol. The van der Waals surface area contributed by atoms with Crippen molar-refractivity contribution in [2.45, 2.75) is 24.5 Å². The normalized spacial score (nSPS) is 12.4. The van der Waals surface area contributed by atoms with Crippen molar-refractivity contribution in [2.24, 2.45) is 0 Å². The second-order valence-electron chi connectivity index (χ2n) is 4.50. The summed E-state index contributed by atoms with van der Waals surface area (Å²) in [5.41, 5.74) is 0.236. The van der Waals surface area contributed by atoms with Crippen molar-refractivity contribution in [1.29, 1.82) is 0 Å². The molecule has 1 aromatic heterocycles. The maximum atomic E-state index is 12.4. The van der Waals surface area contributed by atoms with E-state index in [1.165, 1.54) is 6.33 Å². The van der Waals surface area contributed by atoms with E-state index >= 15 is 0 Å². The van der Waals surface area contributed by atoms with Crippen LogP contribution in [-0.4, -0.2) is 18.4 Å². The molecule has 22 heavy (non-hydrogen) atoms. The van der Waals surface area contributed by atoms with Crippen LogP contribution in [0.1, 0.15) is 17.0 Å². The summed E-state index contributed by atoms with van der Waals surface area (Å²) in [6.45, 7) is 1.66. The quantitative estimate of drug-likeness (QED) is 0.933. The van der Waals surface area contributed by atoms with Crippen LogP contribution in [0.25, 0.3) is 0 Å². The third-order valence-corrected chi connectivity index (χ3v) is 4.21. The van der Waals surface area contributed by atoms with Crippen LogP contribution < -0.4 is 4.72 Å². The number of alkyl halides is 3. The minimum atomic E-state index is -4.51. The first kappa shape index (κ1) is 16.4. The summed E-state index contributed by atoms with van der Waals surface area (Å²) in [5, 5.41) is 0. The number of aryl methyl sites for hydroxylation is 1. The largest absolute Gasteiger partial charge is 0.416 e. The molecule has 0 amide bonds. The van der Waals surface area contributed by atoms with Crippen LogP contribution in [0.4, 0.5) is 13.2 Å². The summed E-state index contributed by atoms with van der Waals surface area (Å²) in [6.07, 6.45) is -3.20. The highest BCUT2D eigenvalue weighted by atomic mass is 32.2. The van der Waals surface area contributed by atoms with Crippen LogP contribution in [0.2, 0.25) is 0 Å². The first-order valence-electron chi connectivity index (χ1n) is 6.13. The molecule has 0 fully saturated rings. The standard InChI is InChI=1S/C13H12F3N3O2S/c1-9-6-11(18-8-17-9)7-19-22(20,21)12-4-2-10(3-5-12)13(14,15)16/h2-6,8,19H,7H2,1H3. The molecule has 2 aromatic rings. The number of nitrogens with one attached hydrogen (secondary N) is 1. The molecule has 1 heterocycles. The molecule has 0 bridgehead atoms. The Morgan fingerprint density at radius 1 is 1.14 bits per heavy atom. The Bertz CT molecular complexity index is 759. The third kappa shape index (κ3) is 4.01. The molecule has 5 nitrogen and oxygen atoms in total. The van der Waals surface area contributed by atoms with Crippen molar-refractivity contribution < 1.29 is 21.6 Å². The Morgan fingerprint density at radius 3 is 2.32 bits per heavy atom. The average molecular weight is 331 g/mol. The lowest BCUT2D eigenvalue weighted by Crippen LogP contribution is -2.24. The van der Waals surface area contributed by atoms with Gasteiger partial charge in [0.15, 0.2) is 0 Å². The second kappa shape index (κ2) is 6.01. The van der Waals surface area contributed by atoms with E-state index in [1.54, 1.807) is 13.0 Å². The van der Waals surface area contributed by atoms with Crippen molar-refractivity contribution in [2.75, 3.05) is 0 Å². The molecule has 0 spiro atoms. The first-order chi connectivity index (χ1) is 10.2. The molecule has 0 atom stereocenters. The molecule has 0 saturated heterocycles. The number of aromatic nitrogens is 2. The van der Waals surface area contributed by atoms with Gasteiger partial charge < -0.3 is 0 Å². The molecule has 0 aliphatic heterocycles. The van der Waals surface area contributed by atoms with Gasteiger partial charge in [-0.3, -0.25) is 0 Å². The smallest absolute Gasteiger partial charge is 0.242 e. The van der Waals surface area contributed by atoms with Gasteiger partial charge in [0.05, 0.1) is 22.7 Å². The third-order valence-electron chi connectivity index (χ3n) is 2.80. The van der Waals surface area contributed by atoms with E-state index in [1.807, 2.05) is 0 Å². The highest BCUT2D eigenvalue weighted by Gasteiger charge is 2.30. The highest BCUT2D eigenvalue weighted by Crippen LogP contribution is 2.29. The van der Waals surface area contributed by atoms with Crippen LogP contribution in [0.5, 0.6) is 0 Å². The Hall–Kier alpha value is -2.00. The zero-order valence-electron chi connectivity index (χ0n) is 11.4. The van der Waals surface area contributed by atoms with Gasteiger partial charge in [0.25, 0.3) is 0 Å². The SMILES string of the molecule is Cc1cc(CNS(=O)(=O)c2ccc(C(F)(F)F)cc2)ncn1.